The number of imidazole rings is 1. The number of nitrogen functional groups attached to an aromatic ring is 1. The molecule has 120 valence electrons. The van der Waals surface area contributed by atoms with E-state index in [1.54, 1.807) is 22.7 Å². The van der Waals surface area contributed by atoms with E-state index in [0.29, 0.717) is 22.9 Å². The quantitative estimate of drug-likeness (QED) is 0.605. The van der Waals surface area contributed by atoms with E-state index in [1.165, 1.54) is 0 Å². The number of phenols is 1. The first-order valence-corrected chi connectivity index (χ1v) is 7.62. The van der Waals surface area contributed by atoms with Gasteiger partial charge in [-0.2, -0.15) is 10.1 Å². The van der Waals surface area contributed by atoms with Crippen LogP contribution in [0.25, 0.3) is 28.2 Å². The van der Waals surface area contributed by atoms with E-state index in [4.69, 9.17) is 5.73 Å². The van der Waals surface area contributed by atoms with Crippen molar-refractivity contribution >= 4 is 11.6 Å². The molecule has 0 amide bonds. The van der Waals surface area contributed by atoms with E-state index in [2.05, 4.69) is 15.1 Å². The molecule has 0 aliphatic heterocycles. The van der Waals surface area contributed by atoms with Gasteiger partial charge in [0.2, 0.25) is 5.78 Å². The highest BCUT2D eigenvalue weighted by molar-refractivity contribution is 5.74. The lowest BCUT2D eigenvalue weighted by Gasteiger charge is -2.03. The van der Waals surface area contributed by atoms with Gasteiger partial charge in [-0.3, -0.25) is 9.08 Å². The average molecular weight is 320 g/mol. The number of aromatic nitrogens is 5. The number of aromatic hydroxyl groups is 1. The first-order valence-electron chi connectivity index (χ1n) is 7.62. The van der Waals surface area contributed by atoms with Crippen molar-refractivity contribution in [1.29, 1.82) is 0 Å². The van der Waals surface area contributed by atoms with Crippen LogP contribution in [0.3, 0.4) is 0 Å². The Bertz CT molecular complexity index is 1030. The molecule has 0 aliphatic carbocycles. The van der Waals surface area contributed by atoms with Gasteiger partial charge in [-0.15, -0.1) is 0 Å². The fraction of sp³-hybridized carbons (Fsp3) is 0.118. The molecule has 3 aromatic heterocycles. The minimum absolute atomic E-state index is 0.179. The number of benzene rings is 1. The van der Waals surface area contributed by atoms with Crippen molar-refractivity contribution in [1.82, 2.24) is 24.1 Å². The molecule has 3 N–H and O–H groups in total. The Morgan fingerprint density at radius 1 is 1.08 bits per heavy atom. The van der Waals surface area contributed by atoms with Crippen molar-refractivity contribution in [2.75, 3.05) is 5.73 Å². The highest BCUT2D eigenvalue weighted by Crippen LogP contribution is 2.29. The number of nitrogens with two attached hydrogens (primary N) is 1. The predicted molar refractivity (Wildman–Crippen MR) is 91.4 cm³/mol. The molecule has 0 bridgehead atoms. The number of nitrogens with zero attached hydrogens (tertiary/aromatic N) is 5. The van der Waals surface area contributed by atoms with Crippen LogP contribution in [-0.2, 0) is 6.54 Å². The largest absolute Gasteiger partial charge is 0.507 e. The molecule has 0 saturated heterocycles. The van der Waals surface area contributed by atoms with Crippen LogP contribution in [0.2, 0.25) is 0 Å². The van der Waals surface area contributed by atoms with Crippen molar-refractivity contribution in [3.05, 3.63) is 49.1 Å². The van der Waals surface area contributed by atoms with Gasteiger partial charge >= 0.3 is 0 Å². The van der Waals surface area contributed by atoms with Crippen LogP contribution in [0.4, 0.5) is 5.82 Å². The molecule has 24 heavy (non-hydrogen) atoms. The molecule has 7 nitrogen and oxygen atoms in total. The summed E-state index contributed by atoms with van der Waals surface area (Å²) in [6, 6.07) is 7.07. The monoisotopic (exact) mass is 320 g/mol. The fourth-order valence-electron chi connectivity index (χ4n) is 2.65. The summed E-state index contributed by atoms with van der Waals surface area (Å²) in [4.78, 5) is 8.83. The molecule has 3 heterocycles. The SMILES string of the molecule is CCn1cc(-c2cn3cc(-c4ccccc4O)nc3nc2N)cn1. The number of fused-ring (bicyclic) bond motifs is 1. The Morgan fingerprint density at radius 3 is 2.67 bits per heavy atom. The van der Waals surface area contributed by atoms with E-state index in [0.717, 1.165) is 17.7 Å². The molecule has 0 aliphatic rings. The molecule has 0 spiro atoms. The van der Waals surface area contributed by atoms with E-state index < -0.39 is 0 Å². The second kappa shape index (κ2) is 5.38. The third-order valence-electron chi connectivity index (χ3n) is 3.93. The third-order valence-corrected chi connectivity index (χ3v) is 3.93. The molecule has 0 saturated carbocycles. The van der Waals surface area contributed by atoms with Crippen molar-refractivity contribution in [2.24, 2.45) is 0 Å². The normalized spacial score (nSPS) is 11.2. The number of hydrogen-bond acceptors (Lipinski definition) is 5. The molecular formula is C17H16N6O. The zero-order valence-electron chi connectivity index (χ0n) is 13.1. The Kier molecular flexibility index (Phi) is 3.19. The summed E-state index contributed by atoms with van der Waals surface area (Å²) < 4.78 is 3.64. The number of aryl methyl sites for hydroxylation is 1. The summed E-state index contributed by atoms with van der Waals surface area (Å²) in [6.07, 6.45) is 7.40. The fourth-order valence-corrected chi connectivity index (χ4v) is 2.65. The molecule has 4 aromatic rings. The standard InChI is InChI=1S/C17H16N6O/c1-2-23-8-11(7-19-23)13-9-22-10-14(20-17(22)21-16(13)18)12-5-3-4-6-15(12)24/h3-10,24H,2H2,1H3,(H2,18,20,21). The highest BCUT2D eigenvalue weighted by Gasteiger charge is 2.13. The van der Waals surface area contributed by atoms with Gasteiger partial charge in [0, 0.05) is 41.8 Å². The summed E-state index contributed by atoms with van der Waals surface area (Å²) in [6.45, 7) is 2.81. The average Bonchev–Trinajstić information content (AvgIpc) is 3.20. The van der Waals surface area contributed by atoms with Crippen LogP contribution in [0, 0.1) is 0 Å². The van der Waals surface area contributed by atoms with Gasteiger partial charge in [-0.05, 0) is 19.1 Å². The zero-order valence-corrected chi connectivity index (χ0v) is 13.1. The number of anilines is 1. The van der Waals surface area contributed by atoms with Crippen molar-refractivity contribution in [3.63, 3.8) is 0 Å². The highest BCUT2D eigenvalue weighted by atomic mass is 16.3. The lowest BCUT2D eigenvalue weighted by Crippen LogP contribution is -1.98. The number of phenolic OH excluding ortho intramolecular Hbond substituents is 1. The van der Waals surface area contributed by atoms with Gasteiger partial charge in [0.25, 0.3) is 0 Å². The molecule has 0 atom stereocenters. The van der Waals surface area contributed by atoms with Gasteiger partial charge in [-0.1, -0.05) is 12.1 Å². The third kappa shape index (κ3) is 2.26. The Morgan fingerprint density at radius 2 is 1.92 bits per heavy atom. The molecule has 0 fully saturated rings. The van der Waals surface area contributed by atoms with Gasteiger partial charge < -0.3 is 10.8 Å². The van der Waals surface area contributed by atoms with Crippen molar-refractivity contribution in [3.8, 4) is 28.1 Å². The first-order chi connectivity index (χ1) is 11.7. The molecule has 7 heteroatoms. The van der Waals surface area contributed by atoms with E-state index in [9.17, 15) is 5.11 Å². The van der Waals surface area contributed by atoms with Crippen LogP contribution in [0.15, 0.2) is 49.1 Å². The Labute approximate surface area is 138 Å². The van der Waals surface area contributed by atoms with Gasteiger partial charge in [0.1, 0.15) is 11.6 Å². The number of para-hydroxylation sites is 1. The molecule has 4 rings (SSSR count). The number of rotatable bonds is 3. The number of hydrogen-bond donors (Lipinski definition) is 2. The Hall–Kier alpha value is -3.35. The molecule has 0 unspecified atom stereocenters. The van der Waals surface area contributed by atoms with Crippen LogP contribution < -0.4 is 5.73 Å². The maximum absolute atomic E-state index is 10.0. The topological polar surface area (TPSA) is 94.3 Å². The first kappa shape index (κ1) is 14.3. The summed E-state index contributed by atoms with van der Waals surface area (Å²) in [5.74, 6) is 1.06. The maximum atomic E-state index is 10.0. The summed E-state index contributed by atoms with van der Waals surface area (Å²) >= 11 is 0. The van der Waals surface area contributed by atoms with E-state index in [-0.39, 0.29) is 5.75 Å². The van der Waals surface area contributed by atoms with Crippen molar-refractivity contribution in [2.45, 2.75) is 13.5 Å². The minimum Gasteiger partial charge on any atom is -0.507 e. The van der Waals surface area contributed by atoms with Crippen LogP contribution in [-0.4, -0.2) is 29.3 Å². The van der Waals surface area contributed by atoms with Crippen molar-refractivity contribution < 1.29 is 5.11 Å². The summed E-state index contributed by atoms with van der Waals surface area (Å²) in [5.41, 5.74) is 9.09. The molecular weight excluding hydrogens is 304 g/mol. The summed E-state index contributed by atoms with van der Waals surface area (Å²) in [7, 11) is 0. The second-order valence-electron chi connectivity index (χ2n) is 5.48. The van der Waals surface area contributed by atoms with Crippen LogP contribution in [0.5, 0.6) is 5.75 Å². The summed E-state index contributed by atoms with van der Waals surface area (Å²) in [5, 5.41) is 14.3. The van der Waals surface area contributed by atoms with Crippen LogP contribution >= 0.6 is 0 Å². The smallest absolute Gasteiger partial charge is 0.236 e. The molecule has 1 aromatic carbocycles. The lowest BCUT2D eigenvalue weighted by atomic mass is 10.1. The van der Waals surface area contributed by atoms with Gasteiger partial charge in [-0.25, -0.2) is 4.98 Å². The minimum atomic E-state index is 0.179. The van der Waals surface area contributed by atoms with E-state index >= 15 is 0 Å². The van der Waals surface area contributed by atoms with Gasteiger partial charge in [0.15, 0.2) is 0 Å². The van der Waals surface area contributed by atoms with Crippen LogP contribution in [0.1, 0.15) is 6.92 Å². The predicted octanol–water partition coefficient (Wildman–Crippen LogP) is 2.57. The van der Waals surface area contributed by atoms with Gasteiger partial charge in [0.05, 0.1) is 11.9 Å². The zero-order chi connectivity index (χ0) is 16.7. The second-order valence-corrected chi connectivity index (χ2v) is 5.48. The Balaban J connectivity index is 1.85. The lowest BCUT2D eigenvalue weighted by molar-refractivity contribution is 0.477. The van der Waals surface area contributed by atoms with E-state index in [1.807, 2.05) is 42.3 Å². The molecule has 0 radical (unpaired) electrons. The maximum Gasteiger partial charge on any atom is 0.236 e.